The summed E-state index contributed by atoms with van der Waals surface area (Å²) in [6, 6.07) is 6.58. The Morgan fingerprint density at radius 1 is 1.47 bits per heavy atom. The second-order valence-corrected chi connectivity index (χ2v) is 6.22. The van der Waals surface area contributed by atoms with E-state index in [2.05, 4.69) is 23.2 Å². The predicted octanol–water partition coefficient (Wildman–Crippen LogP) is 4.48. The summed E-state index contributed by atoms with van der Waals surface area (Å²) < 4.78 is 5.96. The summed E-state index contributed by atoms with van der Waals surface area (Å²) in [4.78, 5) is 15.0. The van der Waals surface area contributed by atoms with E-state index in [-0.39, 0.29) is 0 Å². The minimum absolute atomic E-state index is 0.353. The SMILES string of the molecule is O=C(Cl)OCCCc1nc2ccc(C3CC3)cc2s1. The van der Waals surface area contributed by atoms with Crippen molar-refractivity contribution >= 4 is 38.6 Å². The first-order chi connectivity index (χ1) is 9.22. The highest BCUT2D eigenvalue weighted by Crippen LogP contribution is 2.41. The normalized spacial score (nSPS) is 14.8. The Bertz CT molecular complexity index is 607. The minimum atomic E-state index is -0.738. The number of benzene rings is 1. The molecule has 0 N–H and O–H groups in total. The summed E-state index contributed by atoms with van der Waals surface area (Å²) in [6.45, 7) is 0.353. The number of thiazole rings is 1. The number of rotatable bonds is 5. The third-order valence-corrected chi connectivity index (χ3v) is 4.44. The van der Waals surface area contributed by atoms with Crippen LogP contribution < -0.4 is 0 Å². The van der Waals surface area contributed by atoms with Crippen LogP contribution in [0.3, 0.4) is 0 Å². The topological polar surface area (TPSA) is 39.2 Å². The van der Waals surface area contributed by atoms with Crippen LogP contribution in [0.5, 0.6) is 0 Å². The second-order valence-electron chi connectivity index (χ2n) is 4.80. The number of fused-ring (bicyclic) bond motifs is 1. The molecule has 3 rings (SSSR count). The van der Waals surface area contributed by atoms with Gasteiger partial charge in [0, 0.05) is 18.0 Å². The summed E-state index contributed by atoms with van der Waals surface area (Å²) in [5.41, 5.74) is 1.77. The van der Waals surface area contributed by atoms with Crippen molar-refractivity contribution in [2.45, 2.75) is 31.6 Å². The van der Waals surface area contributed by atoms with Crippen LogP contribution in [0.2, 0.25) is 0 Å². The third-order valence-electron chi connectivity index (χ3n) is 3.26. The van der Waals surface area contributed by atoms with E-state index >= 15 is 0 Å². The van der Waals surface area contributed by atoms with E-state index in [0.717, 1.165) is 29.3 Å². The molecule has 0 amide bonds. The van der Waals surface area contributed by atoms with Crippen molar-refractivity contribution in [3.63, 3.8) is 0 Å². The number of ether oxygens (including phenoxy) is 1. The van der Waals surface area contributed by atoms with Crippen LogP contribution in [0, 0.1) is 0 Å². The van der Waals surface area contributed by atoms with Gasteiger partial charge in [-0.05, 0) is 42.9 Å². The number of aromatic nitrogens is 1. The molecule has 1 heterocycles. The van der Waals surface area contributed by atoms with Crippen LogP contribution in [0.4, 0.5) is 4.79 Å². The largest absolute Gasteiger partial charge is 0.454 e. The molecule has 2 aromatic rings. The zero-order valence-electron chi connectivity index (χ0n) is 10.4. The lowest BCUT2D eigenvalue weighted by molar-refractivity contribution is 0.172. The smallest absolute Gasteiger partial charge is 0.403 e. The van der Waals surface area contributed by atoms with Gasteiger partial charge in [0.2, 0.25) is 0 Å². The Labute approximate surface area is 120 Å². The zero-order chi connectivity index (χ0) is 13.2. The number of nitrogens with zero attached hydrogens (tertiary/aromatic N) is 1. The molecule has 1 aromatic heterocycles. The quantitative estimate of drug-likeness (QED) is 0.603. The van der Waals surface area contributed by atoms with Crippen molar-refractivity contribution < 1.29 is 9.53 Å². The van der Waals surface area contributed by atoms with Crippen LogP contribution in [0.15, 0.2) is 18.2 Å². The molecule has 1 aliphatic carbocycles. The van der Waals surface area contributed by atoms with Gasteiger partial charge in [-0.1, -0.05) is 6.07 Å². The maximum absolute atomic E-state index is 10.4. The molecule has 3 nitrogen and oxygen atoms in total. The highest BCUT2D eigenvalue weighted by atomic mass is 35.5. The highest BCUT2D eigenvalue weighted by molar-refractivity contribution is 7.18. The van der Waals surface area contributed by atoms with Gasteiger partial charge in [0.1, 0.15) is 0 Å². The molecule has 5 heteroatoms. The molecule has 0 saturated heterocycles. The number of hydrogen-bond donors (Lipinski definition) is 0. The Hall–Kier alpha value is -1.13. The first-order valence-corrected chi connectivity index (χ1v) is 7.63. The van der Waals surface area contributed by atoms with E-state index in [9.17, 15) is 4.79 Å². The van der Waals surface area contributed by atoms with E-state index in [1.54, 1.807) is 11.3 Å². The lowest BCUT2D eigenvalue weighted by atomic mass is 10.1. The van der Waals surface area contributed by atoms with Gasteiger partial charge in [0.15, 0.2) is 0 Å². The molecule has 0 spiro atoms. The molecule has 0 aliphatic heterocycles. The van der Waals surface area contributed by atoms with Gasteiger partial charge in [-0.2, -0.15) is 0 Å². The lowest BCUT2D eigenvalue weighted by Crippen LogP contribution is -1.97. The molecule has 100 valence electrons. The van der Waals surface area contributed by atoms with Crippen LogP contribution in [-0.2, 0) is 11.2 Å². The fourth-order valence-corrected chi connectivity index (χ4v) is 3.28. The summed E-state index contributed by atoms with van der Waals surface area (Å²) in [7, 11) is 0. The molecule has 0 bridgehead atoms. The third kappa shape index (κ3) is 3.25. The van der Waals surface area contributed by atoms with Gasteiger partial charge in [0.25, 0.3) is 0 Å². The average Bonchev–Trinajstić information content (AvgIpc) is 3.14. The fraction of sp³-hybridized carbons (Fsp3) is 0.429. The molecular formula is C14H14ClNO2S. The van der Waals surface area contributed by atoms with Crippen molar-refractivity contribution in [1.29, 1.82) is 0 Å². The number of carbonyl (C=O) groups is 1. The highest BCUT2D eigenvalue weighted by Gasteiger charge is 2.23. The summed E-state index contributed by atoms with van der Waals surface area (Å²) in [5, 5.41) is 1.09. The molecule has 1 fully saturated rings. The Morgan fingerprint density at radius 3 is 3.05 bits per heavy atom. The van der Waals surface area contributed by atoms with Crippen molar-refractivity contribution in [3.05, 3.63) is 28.8 Å². The van der Waals surface area contributed by atoms with Gasteiger partial charge in [-0.15, -0.1) is 11.3 Å². The molecule has 1 aliphatic rings. The Kier molecular flexibility index (Phi) is 3.71. The van der Waals surface area contributed by atoms with E-state index in [1.807, 2.05) is 0 Å². The van der Waals surface area contributed by atoms with Crippen molar-refractivity contribution in [2.24, 2.45) is 0 Å². The van der Waals surface area contributed by atoms with Crippen LogP contribution >= 0.6 is 22.9 Å². The van der Waals surface area contributed by atoms with E-state index in [0.29, 0.717) is 6.61 Å². The van der Waals surface area contributed by atoms with Crippen molar-refractivity contribution in [2.75, 3.05) is 6.61 Å². The van der Waals surface area contributed by atoms with Gasteiger partial charge < -0.3 is 4.74 Å². The number of carbonyl (C=O) groups excluding carboxylic acids is 1. The van der Waals surface area contributed by atoms with Crippen LogP contribution in [0.25, 0.3) is 10.2 Å². The first kappa shape index (κ1) is 12.9. The monoisotopic (exact) mass is 295 g/mol. The molecule has 1 aromatic carbocycles. The number of hydrogen-bond acceptors (Lipinski definition) is 4. The van der Waals surface area contributed by atoms with Gasteiger partial charge in [-0.25, -0.2) is 9.78 Å². The number of halogens is 1. The fourth-order valence-electron chi connectivity index (χ4n) is 2.14. The summed E-state index contributed by atoms with van der Waals surface area (Å²) in [5.74, 6) is 0.776. The summed E-state index contributed by atoms with van der Waals surface area (Å²) in [6.07, 6.45) is 4.22. The van der Waals surface area contributed by atoms with E-state index in [1.165, 1.54) is 23.1 Å². The molecule has 0 radical (unpaired) electrons. The Balaban J connectivity index is 1.65. The maximum Gasteiger partial charge on any atom is 0.403 e. The molecular weight excluding hydrogens is 282 g/mol. The molecule has 19 heavy (non-hydrogen) atoms. The maximum atomic E-state index is 10.4. The lowest BCUT2D eigenvalue weighted by Gasteiger charge is -1.97. The van der Waals surface area contributed by atoms with Crippen molar-refractivity contribution in [3.8, 4) is 0 Å². The molecule has 1 saturated carbocycles. The van der Waals surface area contributed by atoms with E-state index in [4.69, 9.17) is 16.3 Å². The Morgan fingerprint density at radius 2 is 2.32 bits per heavy atom. The van der Waals surface area contributed by atoms with E-state index < -0.39 is 5.43 Å². The van der Waals surface area contributed by atoms with Crippen LogP contribution in [-0.4, -0.2) is 17.0 Å². The minimum Gasteiger partial charge on any atom is -0.454 e. The summed E-state index contributed by atoms with van der Waals surface area (Å²) >= 11 is 6.83. The average molecular weight is 296 g/mol. The molecule has 0 atom stereocenters. The second kappa shape index (κ2) is 5.47. The first-order valence-electron chi connectivity index (χ1n) is 6.44. The number of aryl methyl sites for hydroxylation is 1. The molecule has 0 unspecified atom stereocenters. The van der Waals surface area contributed by atoms with Gasteiger partial charge >= 0.3 is 5.43 Å². The van der Waals surface area contributed by atoms with Gasteiger partial charge in [0.05, 0.1) is 21.8 Å². The van der Waals surface area contributed by atoms with Crippen molar-refractivity contribution in [1.82, 2.24) is 4.98 Å². The standard InChI is InChI=1S/C14H14ClNO2S/c15-14(17)18-7-1-2-13-16-11-6-5-10(9-3-4-9)8-12(11)19-13/h5-6,8-9H,1-4,7H2. The zero-order valence-corrected chi connectivity index (χ0v) is 12.0. The van der Waals surface area contributed by atoms with Crippen LogP contribution in [0.1, 0.15) is 35.8 Å². The van der Waals surface area contributed by atoms with Gasteiger partial charge in [-0.3, -0.25) is 0 Å². The predicted molar refractivity (Wildman–Crippen MR) is 77.1 cm³/mol.